The summed E-state index contributed by atoms with van der Waals surface area (Å²) >= 11 is 1.34. The van der Waals surface area contributed by atoms with Crippen molar-refractivity contribution in [3.05, 3.63) is 57.8 Å². The normalized spacial score (nSPS) is 15.8. The topological polar surface area (TPSA) is 65.8 Å². The van der Waals surface area contributed by atoms with Gasteiger partial charge in [0.05, 0.1) is 17.4 Å². The van der Waals surface area contributed by atoms with Crippen molar-refractivity contribution in [3.8, 4) is 6.07 Å². The Morgan fingerprint density at radius 2 is 2.08 bits per heavy atom. The first-order chi connectivity index (χ1) is 12.5. The number of pyridine rings is 1. The second kappa shape index (κ2) is 7.92. The number of hydrogen-bond donors (Lipinski definition) is 1. The summed E-state index contributed by atoms with van der Waals surface area (Å²) in [5, 5.41) is 13.2. The Labute approximate surface area is 159 Å². The molecule has 1 aromatic heterocycles. The van der Waals surface area contributed by atoms with Gasteiger partial charge >= 0.3 is 0 Å². The van der Waals surface area contributed by atoms with Crippen LogP contribution in [-0.4, -0.2) is 16.6 Å². The maximum absolute atomic E-state index is 12.5. The van der Waals surface area contributed by atoms with Crippen molar-refractivity contribution in [1.82, 2.24) is 10.3 Å². The number of fused-ring (bicyclic) bond motifs is 1. The summed E-state index contributed by atoms with van der Waals surface area (Å²) in [6.45, 7) is 5.85. The molecule has 0 saturated heterocycles. The first kappa shape index (κ1) is 18.5. The monoisotopic (exact) mass is 365 g/mol. The van der Waals surface area contributed by atoms with Crippen LogP contribution >= 0.6 is 11.8 Å². The van der Waals surface area contributed by atoms with E-state index in [0.717, 1.165) is 36.1 Å². The third-order valence-electron chi connectivity index (χ3n) is 5.12. The highest BCUT2D eigenvalue weighted by Gasteiger charge is 2.22. The highest BCUT2D eigenvalue weighted by atomic mass is 32.2. The summed E-state index contributed by atoms with van der Waals surface area (Å²) in [4.78, 5) is 17.0. The molecule has 4 nitrogen and oxygen atoms in total. The lowest BCUT2D eigenvalue weighted by Gasteiger charge is -2.26. The van der Waals surface area contributed by atoms with Gasteiger partial charge in [-0.3, -0.25) is 4.79 Å². The maximum atomic E-state index is 12.5. The van der Waals surface area contributed by atoms with Crippen LogP contribution in [0.4, 0.5) is 0 Å². The Bertz CT molecular complexity index is 886. The van der Waals surface area contributed by atoms with Crippen molar-refractivity contribution in [2.24, 2.45) is 0 Å². The van der Waals surface area contributed by atoms with Crippen LogP contribution in [0, 0.1) is 32.1 Å². The van der Waals surface area contributed by atoms with Gasteiger partial charge in [0, 0.05) is 5.69 Å². The lowest BCUT2D eigenvalue weighted by atomic mass is 9.88. The van der Waals surface area contributed by atoms with Crippen molar-refractivity contribution >= 4 is 17.7 Å². The molecule has 0 spiro atoms. The second-order valence-electron chi connectivity index (χ2n) is 6.74. The fourth-order valence-electron chi connectivity index (χ4n) is 3.42. The van der Waals surface area contributed by atoms with E-state index in [0.29, 0.717) is 10.6 Å². The molecule has 0 bridgehead atoms. The summed E-state index contributed by atoms with van der Waals surface area (Å²) in [7, 11) is 0. The van der Waals surface area contributed by atoms with E-state index < -0.39 is 0 Å². The Morgan fingerprint density at radius 3 is 2.85 bits per heavy atom. The summed E-state index contributed by atoms with van der Waals surface area (Å²) in [5.74, 6) is 0.251. The number of benzene rings is 1. The molecule has 0 radical (unpaired) electrons. The molecule has 1 N–H and O–H groups in total. The molecule has 0 fully saturated rings. The number of aryl methyl sites for hydroxylation is 2. The SMILES string of the molecule is Cc1nc(SCC(=O)NC2CCCc3ccccc32)c(C#N)c(C)c1C. The molecular formula is C21H23N3OS. The first-order valence-corrected chi connectivity index (χ1v) is 9.87. The molecule has 26 heavy (non-hydrogen) atoms. The average molecular weight is 366 g/mol. The standard InChI is InChI=1S/C21H23N3OS/c1-13-14(2)18(11-22)21(23-15(13)3)26-12-20(25)24-19-10-6-8-16-7-4-5-9-17(16)19/h4-5,7,9,19H,6,8,10,12H2,1-3H3,(H,24,25). The van der Waals surface area contributed by atoms with Crippen LogP contribution in [0.25, 0.3) is 0 Å². The molecule has 1 aliphatic rings. The zero-order chi connectivity index (χ0) is 18.7. The number of nitrogens with one attached hydrogen (secondary N) is 1. The van der Waals surface area contributed by atoms with E-state index >= 15 is 0 Å². The summed E-state index contributed by atoms with van der Waals surface area (Å²) in [6, 6.07) is 10.6. The van der Waals surface area contributed by atoms with Gasteiger partial charge in [0.15, 0.2) is 0 Å². The maximum Gasteiger partial charge on any atom is 0.230 e. The van der Waals surface area contributed by atoms with Crippen LogP contribution in [0.15, 0.2) is 29.3 Å². The Morgan fingerprint density at radius 1 is 1.31 bits per heavy atom. The third kappa shape index (κ3) is 3.76. The number of thioether (sulfide) groups is 1. The minimum atomic E-state index is -0.0155. The lowest BCUT2D eigenvalue weighted by molar-refractivity contribution is -0.119. The van der Waals surface area contributed by atoms with E-state index in [1.54, 1.807) is 0 Å². The summed E-state index contributed by atoms with van der Waals surface area (Å²) < 4.78 is 0. The van der Waals surface area contributed by atoms with Crippen LogP contribution in [0.1, 0.15) is 52.4 Å². The molecule has 2 aromatic rings. The molecule has 1 amide bonds. The van der Waals surface area contributed by atoms with Gasteiger partial charge in [-0.2, -0.15) is 5.26 Å². The van der Waals surface area contributed by atoms with Crippen LogP contribution in [0.5, 0.6) is 0 Å². The van der Waals surface area contributed by atoms with Crippen molar-refractivity contribution < 1.29 is 4.79 Å². The third-order valence-corrected chi connectivity index (χ3v) is 6.10. The number of rotatable bonds is 4. The minimum Gasteiger partial charge on any atom is -0.349 e. The molecule has 1 heterocycles. The van der Waals surface area contributed by atoms with Crippen molar-refractivity contribution in [1.29, 1.82) is 5.26 Å². The highest BCUT2D eigenvalue weighted by Crippen LogP contribution is 2.30. The van der Waals surface area contributed by atoms with Crippen LogP contribution in [0.2, 0.25) is 0 Å². The number of carbonyl (C=O) groups excluding carboxylic acids is 1. The lowest BCUT2D eigenvalue weighted by Crippen LogP contribution is -2.32. The fraction of sp³-hybridized carbons (Fsp3) is 0.381. The van der Waals surface area contributed by atoms with Crippen molar-refractivity contribution in [2.45, 2.75) is 51.1 Å². The molecule has 0 aliphatic heterocycles. The summed E-state index contributed by atoms with van der Waals surface area (Å²) in [5.41, 5.74) is 6.03. The van der Waals surface area contributed by atoms with E-state index in [2.05, 4.69) is 34.6 Å². The smallest absolute Gasteiger partial charge is 0.230 e. The fourth-order valence-corrected chi connectivity index (χ4v) is 4.32. The average Bonchev–Trinajstić information content (AvgIpc) is 2.65. The van der Waals surface area contributed by atoms with Gasteiger partial charge in [-0.05, 0) is 62.3 Å². The van der Waals surface area contributed by atoms with E-state index in [4.69, 9.17) is 0 Å². The van der Waals surface area contributed by atoms with E-state index in [9.17, 15) is 10.1 Å². The van der Waals surface area contributed by atoms with E-state index in [1.807, 2.05) is 26.8 Å². The minimum absolute atomic E-state index is 0.0155. The zero-order valence-corrected chi connectivity index (χ0v) is 16.2. The summed E-state index contributed by atoms with van der Waals surface area (Å²) in [6.07, 6.45) is 3.14. The van der Waals surface area contributed by atoms with Gasteiger partial charge in [0.1, 0.15) is 11.1 Å². The molecule has 1 atom stereocenters. The zero-order valence-electron chi connectivity index (χ0n) is 15.4. The van der Waals surface area contributed by atoms with Gasteiger partial charge in [0.25, 0.3) is 0 Å². The van der Waals surface area contributed by atoms with Crippen LogP contribution < -0.4 is 5.32 Å². The van der Waals surface area contributed by atoms with E-state index in [1.165, 1.54) is 22.9 Å². The molecule has 1 aromatic carbocycles. The van der Waals surface area contributed by atoms with Crippen LogP contribution in [-0.2, 0) is 11.2 Å². The van der Waals surface area contributed by atoms with E-state index in [-0.39, 0.29) is 17.7 Å². The van der Waals surface area contributed by atoms with Gasteiger partial charge in [-0.15, -0.1) is 0 Å². The molecular weight excluding hydrogens is 342 g/mol. The number of carbonyl (C=O) groups is 1. The van der Waals surface area contributed by atoms with Gasteiger partial charge in [-0.25, -0.2) is 4.98 Å². The number of nitriles is 1. The quantitative estimate of drug-likeness (QED) is 0.826. The number of aromatic nitrogens is 1. The molecule has 134 valence electrons. The second-order valence-corrected chi connectivity index (χ2v) is 7.70. The molecule has 3 rings (SSSR count). The van der Waals surface area contributed by atoms with Gasteiger partial charge < -0.3 is 5.32 Å². The molecule has 1 aliphatic carbocycles. The van der Waals surface area contributed by atoms with Crippen molar-refractivity contribution in [2.75, 3.05) is 5.75 Å². The van der Waals surface area contributed by atoms with Crippen LogP contribution in [0.3, 0.4) is 0 Å². The van der Waals surface area contributed by atoms with Gasteiger partial charge in [0.2, 0.25) is 5.91 Å². The number of hydrogen-bond acceptors (Lipinski definition) is 4. The predicted octanol–water partition coefficient (Wildman–Crippen LogP) is 4.16. The Balaban J connectivity index is 1.69. The number of amides is 1. The largest absolute Gasteiger partial charge is 0.349 e. The predicted molar refractivity (Wildman–Crippen MR) is 104 cm³/mol. The highest BCUT2D eigenvalue weighted by molar-refractivity contribution is 8.00. The molecule has 0 saturated carbocycles. The molecule has 5 heteroatoms. The van der Waals surface area contributed by atoms with Crippen molar-refractivity contribution in [3.63, 3.8) is 0 Å². The number of nitrogens with zero attached hydrogens (tertiary/aromatic N) is 2. The first-order valence-electron chi connectivity index (χ1n) is 8.89. The molecule has 1 unspecified atom stereocenters. The Hall–Kier alpha value is -2.32. The van der Waals surface area contributed by atoms with Gasteiger partial charge in [-0.1, -0.05) is 36.0 Å². The Kier molecular flexibility index (Phi) is 5.63.